The van der Waals surface area contributed by atoms with Crippen molar-refractivity contribution in [2.45, 2.75) is 6.92 Å². The summed E-state index contributed by atoms with van der Waals surface area (Å²) in [6.07, 6.45) is 5.88. The van der Waals surface area contributed by atoms with E-state index in [2.05, 4.69) is 15.6 Å². The molecule has 1 aromatic carbocycles. The minimum atomic E-state index is -0.423. The average Bonchev–Trinajstić information content (AvgIpc) is 3.27. The Morgan fingerprint density at radius 3 is 2.79 bits per heavy atom. The van der Waals surface area contributed by atoms with Crippen molar-refractivity contribution in [3.63, 3.8) is 0 Å². The first-order valence-corrected chi connectivity index (χ1v) is 7.13. The highest BCUT2D eigenvalue weighted by molar-refractivity contribution is 5.89. The van der Waals surface area contributed by atoms with Crippen LogP contribution in [0.15, 0.2) is 53.7 Å². The van der Waals surface area contributed by atoms with E-state index in [1.54, 1.807) is 31.2 Å². The molecule has 0 fully saturated rings. The van der Waals surface area contributed by atoms with E-state index in [1.165, 1.54) is 34.2 Å². The van der Waals surface area contributed by atoms with E-state index in [1.807, 2.05) is 0 Å². The molecule has 0 saturated heterocycles. The summed E-state index contributed by atoms with van der Waals surface area (Å²) in [6.45, 7) is 2.07. The number of hydrogen-bond donors (Lipinski definition) is 1. The van der Waals surface area contributed by atoms with E-state index in [9.17, 15) is 9.59 Å². The number of carbonyl (C=O) groups is 2. The SMILES string of the molecule is CCOC(=O)c1ccc(-[n+]2cc(NC(=O)n3ccnc3)on2)cc1. The number of aromatic nitrogens is 4. The van der Waals surface area contributed by atoms with Crippen LogP contribution in [0.4, 0.5) is 10.7 Å². The number of nitrogens with one attached hydrogen (secondary N) is 1. The lowest BCUT2D eigenvalue weighted by molar-refractivity contribution is -0.670. The van der Waals surface area contributed by atoms with Gasteiger partial charge in [-0.15, -0.1) is 0 Å². The minimum Gasteiger partial charge on any atom is -0.462 e. The van der Waals surface area contributed by atoms with Crippen molar-refractivity contribution in [2.24, 2.45) is 0 Å². The van der Waals surface area contributed by atoms with Crippen molar-refractivity contribution < 1.29 is 23.5 Å². The fourth-order valence-corrected chi connectivity index (χ4v) is 1.94. The number of imidazole rings is 1. The Kier molecular flexibility index (Phi) is 4.32. The molecule has 2 heterocycles. The molecule has 0 radical (unpaired) electrons. The summed E-state index contributed by atoms with van der Waals surface area (Å²) < 4.78 is 12.7. The molecule has 0 aliphatic heterocycles. The number of esters is 1. The topological polar surface area (TPSA) is 103 Å². The van der Waals surface area contributed by atoms with Crippen LogP contribution in [0, 0.1) is 0 Å². The smallest absolute Gasteiger partial charge is 0.338 e. The molecule has 24 heavy (non-hydrogen) atoms. The molecule has 0 aliphatic rings. The molecule has 2 aromatic heterocycles. The van der Waals surface area contributed by atoms with Crippen molar-refractivity contribution in [1.29, 1.82) is 0 Å². The van der Waals surface area contributed by atoms with E-state index in [4.69, 9.17) is 9.26 Å². The number of benzene rings is 1. The molecular formula is C15H14N5O4+. The van der Waals surface area contributed by atoms with Crippen LogP contribution < -0.4 is 10.00 Å². The molecule has 0 bridgehead atoms. The maximum atomic E-state index is 11.9. The number of hydrogen-bond acceptors (Lipinski definition) is 6. The Bertz CT molecular complexity index is 839. The third kappa shape index (κ3) is 3.29. The lowest BCUT2D eigenvalue weighted by Gasteiger charge is -2.00. The molecule has 122 valence electrons. The van der Waals surface area contributed by atoms with Gasteiger partial charge in [0.25, 0.3) is 6.20 Å². The van der Waals surface area contributed by atoms with Crippen LogP contribution in [0.1, 0.15) is 17.3 Å². The molecule has 0 aliphatic carbocycles. The maximum Gasteiger partial charge on any atom is 0.338 e. The molecule has 9 heteroatoms. The standard InChI is InChI=1S/C15H13N5O4/c1-2-23-14(21)11-3-5-12(6-4-11)20-9-13(24-18-20)17-15(22)19-8-7-16-10-19/h3-10H,2H2,1H3/p+1. The lowest BCUT2D eigenvalue weighted by Crippen LogP contribution is -2.31. The van der Waals surface area contributed by atoms with Crippen molar-refractivity contribution in [3.8, 4) is 5.69 Å². The summed E-state index contributed by atoms with van der Waals surface area (Å²) in [5.74, 6) is -0.217. The minimum absolute atomic E-state index is 0.170. The first kappa shape index (κ1) is 15.4. The second-order valence-electron chi connectivity index (χ2n) is 4.68. The zero-order chi connectivity index (χ0) is 16.9. The largest absolute Gasteiger partial charge is 0.462 e. The van der Waals surface area contributed by atoms with Gasteiger partial charge in [0.15, 0.2) is 0 Å². The van der Waals surface area contributed by atoms with Gasteiger partial charge in [-0.3, -0.25) is 14.4 Å². The van der Waals surface area contributed by atoms with E-state index >= 15 is 0 Å². The van der Waals surface area contributed by atoms with Gasteiger partial charge in [0.1, 0.15) is 6.33 Å². The number of ether oxygens (including phenoxy) is 1. The predicted octanol–water partition coefficient (Wildman–Crippen LogP) is 1.40. The fourth-order valence-electron chi connectivity index (χ4n) is 1.94. The Morgan fingerprint density at radius 1 is 1.33 bits per heavy atom. The third-order valence-corrected chi connectivity index (χ3v) is 3.08. The van der Waals surface area contributed by atoms with Gasteiger partial charge in [0.2, 0.25) is 11.0 Å². The molecule has 0 atom stereocenters. The van der Waals surface area contributed by atoms with Crippen LogP contribution in [-0.2, 0) is 4.74 Å². The monoisotopic (exact) mass is 328 g/mol. The second kappa shape index (κ2) is 6.73. The Labute approximate surface area is 136 Å². The highest BCUT2D eigenvalue weighted by Crippen LogP contribution is 2.08. The van der Waals surface area contributed by atoms with Gasteiger partial charge in [0.05, 0.1) is 12.2 Å². The third-order valence-electron chi connectivity index (χ3n) is 3.08. The number of carbonyl (C=O) groups excluding carboxylic acids is 2. The number of nitrogens with zero attached hydrogens (tertiary/aromatic N) is 4. The van der Waals surface area contributed by atoms with Gasteiger partial charge >= 0.3 is 17.9 Å². The van der Waals surface area contributed by atoms with Crippen molar-refractivity contribution in [3.05, 3.63) is 54.7 Å². The molecule has 3 rings (SSSR count). The van der Waals surface area contributed by atoms with Crippen LogP contribution in [0.3, 0.4) is 0 Å². The van der Waals surface area contributed by atoms with Gasteiger partial charge in [-0.05, 0) is 23.7 Å². The fraction of sp³-hybridized carbons (Fsp3) is 0.133. The van der Waals surface area contributed by atoms with Crippen LogP contribution >= 0.6 is 0 Å². The summed E-state index contributed by atoms with van der Waals surface area (Å²) in [7, 11) is 0. The van der Waals surface area contributed by atoms with Gasteiger partial charge in [-0.25, -0.2) is 14.6 Å². The van der Waals surface area contributed by atoms with E-state index in [-0.39, 0.29) is 11.9 Å². The number of anilines is 1. The molecule has 0 saturated carbocycles. The highest BCUT2D eigenvalue weighted by Gasteiger charge is 2.18. The average molecular weight is 328 g/mol. The molecular weight excluding hydrogens is 314 g/mol. The van der Waals surface area contributed by atoms with Crippen LogP contribution in [-0.4, -0.2) is 33.4 Å². The summed E-state index contributed by atoms with van der Waals surface area (Å²) in [5.41, 5.74) is 1.10. The Morgan fingerprint density at radius 2 is 2.12 bits per heavy atom. The van der Waals surface area contributed by atoms with Gasteiger partial charge < -0.3 is 4.74 Å². The van der Waals surface area contributed by atoms with Crippen LogP contribution in [0.5, 0.6) is 0 Å². The highest BCUT2D eigenvalue weighted by atomic mass is 16.5. The Hall–Kier alpha value is -3.49. The zero-order valence-corrected chi connectivity index (χ0v) is 12.7. The Balaban J connectivity index is 1.71. The molecule has 9 nitrogen and oxygen atoms in total. The number of amides is 1. The van der Waals surface area contributed by atoms with Gasteiger partial charge in [0, 0.05) is 24.5 Å². The van der Waals surface area contributed by atoms with Crippen molar-refractivity contribution in [1.82, 2.24) is 14.8 Å². The summed E-state index contributed by atoms with van der Waals surface area (Å²) in [4.78, 5) is 27.3. The van der Waals surface area contributed by atoms with E-state index in [0.29, 0.717) is 17.9 Å². The van der Waals surface area contributed by atoms with Crippen molar-refractivity contribution >= 4 is 17.9 Å². The number of rotatable bonds is 4. The summed E-state index contributed by atoms with van der Waals surface area (Å²) in [5, 5.41) is 6.36. The quantitative estimate of drug-likeness (QED) is 0.573. The molecule has 1 N–H and O–H groups in total. The lowest BCUT2D eigenvalue weighted by atomic mass is 10.2. The summed E-state index contributed by atoms with van der Waals surface area (Å²) >= 11 is 0. The van der Waals surface area contributed by atoms with E-state index < -0.39 is 6.03 Å². The zero-order valence-electron chi connectivity index (χ0n) is 12.7. The summed E-state index contributed by atoms with van der Waals surface area (Å²) in [6, 6.07) is 6.21. The molecule has 0 unspecified atom stereocenters. The second-order valence-corrected chi connectivity index (χ2v) is 4.68. The van der Waals surface area contributed by atoms with Crippen molar-refractivity contribution in [2.75, 3.05) is 11.9 Å². The van der Waals surface area contributed by atoms with Gasteiger partial charge in [-0.1, -0.05) is 0 Å². The molecule has 3 aromatic rings. The first-order chi connectivity index (χ1) is 11.7. The normalized spacial score (nSPS) is 10.4. The van der Waals surface area contributed by atoms with Crippen LogP contribution in [0.2, 0.25) is 0 Å². The van der Waals surface area contributed by atoms with E-state index in [0.717, 1.165) is 0 Å². The molecule has 1 amide bonds. The van der Waals surface area contributed by atoms with Crippen LogP contribution in [0.25, 0.3) is 5.69 Å². The van der Waals surface area contributed by atoms with Gasteiger partial charge in [-0.2, -0.15) is 0 Å². The molecule has 0 spiro atoms. The maximum absolute atomic E-state index is 11.9. The predicted molar refractivity (Wildman–Crippen MR) is 80.6 cm³/mol. The first-order valence-electron chi connectivity index (χ1n) is 7.13.